The molecule has 140 valence electrons. The second-order valence-corrected chi connectivity index (χ2v) is 6.49. The van der Waals surface area contributed by atoms with Crippen LogP contribution in [0.2, 0.25) is 0 Å². The summed E-state index contributed by atoms with van der Waals surface area (Å²) < 4.78 is 69.4. The van der Waals surface area contributed by atoms with Crippen molar-refractivity contribution < 1.29 is 35.9 Å². The van der Waals surface area contributed by atoms with Crippen LogP contribution in [0.5, 0.6) is 11.5 Å². The number of nitrogens with one attached hydrogen (secondary N) is 2. The highest BCUT2D eigenvalue weighted by molar-refractivity contribution is 7.89. The van der Waals surface area contributed by atoms with Crippen LogP contribution in [-0.2, 0) is 10.0 Å². The molecule has 2 N–H and O–H groups in total. The Morgan fingerprint density at radius 3 is 2.27 bits per heavy atom. The number of benzene rings is 2. The Labute approximate surface area is 146 Å². The number of hydrazine groups is 1. The van der Waals surface area contributed by atoms with E-state index in [4.69, 9.17) is 4.74 Å². The monoisotopic (exact) mass is 390 g/mol. The van der Waals surface area contributed by atoms with Crippen molar-refractivity contribution in [3.05, 3.63) is 54.1 Å². The molecule has 1 amide bonds. The van der Waals surface area contributed by atoms with Crippen LogP contribution >= 0.6 is 0 Å². The lowest BCUT2D eigenvalue weighted by Gasteiger charge is -2.11. The Hall–Kier alpha value is -2.79. The van der Waals surface area contributed by atoms with Gasteiger partial charge < -0.3 is 9.47 Å². The summed E-state index contributed by atoms with van der Waals surface area (Å²) in [6.45, 7) is 0. The number of amides is 1. The summed E-state index contributed by atoms with van der Waals surface area (Å²) in [7, 11) is -2.86. The third kappa shape index (κ3) is 5.36. The highest BCUT2D eigenvalue weighted by atomic mass is 32.2. The molecule has 0 unspecified atom stereocenters. The average molecular weight is 390 g/mol. The van der Waals surface area contributed by atoms with Crippen molar-refractivity contribution in [2.24, 2.45) is 0 Å². The van der Waals surface area contributed by atoms with Crippen LogP contribution in [0.1, 0.15) is 10.4 Å². The van der Waals surface area contributed by atoms with Gasteiger partial charge >= 0.3 is 6.36 Å². The second-order valence-electron chi connectivity index (χ2n) is 4.81. The van der Waals surface area contributed by atoms with Gasteiger partial charge in [-0.3, -0.25) is 10.2 Å². The molecule has 0 aliphatic heterocycles. The Bertz CT molecular complexity index is 883. The van der Waals surface area contributed by atoms with Gasteiger partial charge in [-0.25, -0.2) is 8.42 Å². The molecule has 2 aromatic rings. The minimum atomic E-state index is -4.96. The summed E-state index contributed by atoms with van der Waals surface area (Å²) in [6.07, 6.45) is -4.96. The van der Waals surface area contributed by atoms with E-state index in [1.807, 2.05) is 5.43 Å². The fourth-order valence-corrected chi connectivity index (χ4v) is 2.70. The first-order chi connectivity index (χ1) is 12.1. The number of carbonyl (C=O) groups excluding carboxylic acids is 1. The molecule has 0 radical (unpaired) electrons. The molecule has 0 saturated carbocycles. The number of sulfonamides is 1. The van der Waals surface area contributed by atoms with Crippen LogP contribution in [0.25, 0.3) is 0 Å². The number of ether oxygens (including phenoxy) is 2. The maximum Gasteiger partial charge on any atom is 0.573 e. The molecule has 0 atom stereocenters. The third-order valence-electron chi connectivity index (χ3n) is 3.00. The molecular weight excluding hydrogens is 377 g/mol. The fourth-order valence-electron chi connectivity index (χ4n) is 1.83. The van der Waals surface area contributed by atoms with Crippen molar-refractivity contribution in [3.63, 3.8) is 0 Å². The molecule has 2 rings (SSSR count). The van der Waals surface area contributed by atoms with Gasteiger partial charge in [-0.1, -0.05) is 6.07 Å². The lowest BCUT2D eigenvalue weighted by Crippen LogP contribution is -2.41. The normalized spacial score (nSPS) is 11.7. The Balaban J connectivity index is 2.08. The number of hydrogen-bond acceptors (Lipinski definition) is 5. The number of rotatable bonds is 6. The van der Waals surface area contributed by atoms with Crippen molar-refractivity contribution in [2.75, 3.05) is 7.11 Å². The van der Waals surface area contributed by atoms with Gasteiger partial charge in [0.1, 0.15) is 11.5 Å². The molecule has 0 bridgehead atoms. The van der Waals surface area contributed by atoms with Crippen molar-refractivity contribution in [1.29, 1.82) is 0 Å². The predicted octanol–water partition coefficient (Wildman–Crippen LogP) is 2.22. The summed E-state index contributed by atoms with van der Waals surface area (Å²) in [4.78, 5) is 13.2. The standard InChI is InChI=1S/C15H13F3N2O5S/c1-24-11-7-5-10(6-8-11)14(21)19-20-26(22,23)13-4-2-3-12(9-13)25-15(16,17)18/h2-9,20H,1H3,(H,19,21). The summed E-state index contributed by atoms with van der Waals surface area (Å²) in [5.41, 5.74) is 2.10. The number of halogens is 3. The lowest BCUT2D eigenvalue weighted by molar-refractivity contribution is -0.274. The van der Waals surface area contributed by atoms with Crippen molar-refractivity contribution in [2.45, 2.75) is 11.3 Å². The number of carbonyl (C=O) groups is 1. The summed E-state index contributed by atoms with van der Waals surface area (Å²) in [5, 5.41) is 0. The Morgan fingerprint density at radius 2 is 1.69 bits per heavy atom. The molecule has 0 heterocycles. The SMILES string of the molecule is COc1ccc(C(=O)NNS(=O)(=O)c2cccc(OC(F)(F)F)c2)cc1. The van der Waals surface area contributed by atoms with Crippen LogP contribution in [0.4, 0.5) is 13.2 Å². The molecule has 11 heteroatoms. The zero-order valence-corrected chi connectivity index (χ0v) is 14.0. The van der Waals surface area contributed by atoms with Gasteiger partial charge in [0.15, 0.2) is 0 Å². The average Bonchev–Trinajstić information content (AvgIpc) is 2.58. The molecule has 2 aromatic carbocycles. The van der Waals surface area contributed by atoms with Gasteiger partial charge in [0.25, 0.3) is 15.9 Å². The van der Waals surface area contributed by atoms with Crippen molar-refractivity contribution >= 4 is 15.9 Å². The first-order valence-electron chi connectivity index (χ1n) is 6.93. The zero-order valence-electron chi connectivity index (χ0n) is 13.2. The molecule has 0 aliphatic carbocycles. The smallest absolute Gasteiger partial charge is 0.497 e. The lowest BCUT2D eigenvalue weighted by atomic mass is 10.2. The molecule has 0 fully saturated rings. The number of methoxy groups -OCH3 is 1. The highest BCUT2D eigenvalue weighted by Crippen LogP contribution is 2.24. The molecule has 26 heavy (non-hydrogen) atoms. The molecular formula is C15H13F3N2O5S. The van der Waals surface area contributed by atoms with Gasteiger partial charge in [-0.05, 0) is 36.4 Å². The number of alkyl halides is 3. The van der Waals surface area contributed by atoms with E-state index in [-0.39, 0.29) is 5.56 Å². The summed E-state index contributed by atoms with van der Waals surface area (Å²) in [5.74, 6) is -0.968. The second kappa shape index (κ2) is 7.62. The quantitative estimate of drug-likeness (QED) is 0.738. The molecule has 0 spiro atoms. The fraction of sp³-hybridized carbons (Fsp3) is 0.133. The first kappa shape index (κ1) is 19.5. The van der Waals surface area contributed by atoms with Crippen LogP contribution in [0, 0.1) is 0 Å². The van der Waals surface area contributed by atoms with E-state index in [0.717, 1.165) is 18.2 Å². The van der Waals surface area contributed by atoms with E-state index in [1.165, 1.54) is 31.4 Å². The maximum atomic E-state index is 12.2. The van der Waals surface area contributed by atoms with E-state index in [0.29, 0.717) is 11.8 Å². The van der Waals surface area contributed by atoms with E-state index < -0.39 is 32.9 Å². The van der Waals surface area contributed by atoms with Crippen LogP contribution in [-0.4, -0.2) is 27.8 Å². The van der Waals surface area contributed by atoms with Crippen LogP contribution in [0.15, 0.2) is 53.4 Å². The van der Waals surface area contributed by atoms with Gasteiger partial charge in [-0.15, -0.1) is 18.0 Å². The van der Waals surface area contributed by atoms with Crippen molar-refractivity contribution in [3.8, 4) is 11.5 Å². The molecule has 7 nitrogen and oxygen atoms in total. The van der Waals surface area contributed by atoms with Crippen molar-refractivity contribution in [1.82, 2.24) is 10.3 Å². The van der Waals surface area contributed by atoms with E-state index in [2.05, 4.69) is 4.74 Å². The predicted molar refractivity (Wildman–Crippen MR) is 83.9 cm³/mol. The largest absolute Gasteiger partial charge is 0.573 e. The molecule has 0 aliphatic rings. The van der Waals surface area contributed by atoms with Gasteiger partial charge in [0, 0.05) is 11.6 Å². The van der Waals surface area contributed by atoms with Gasteiger partial charge in [0.2, 0.25) is 0 Å². The van der Waals surface area contributed by atoms with Crippen LogP contribution in [0.3, 0.4) is 0 Å². The number of hydrogen-bond donors (Lipinski definition) is 2. The Kier molecular flexibility index (Phi) is 5.73. The first-order valence-corrected chi connectivity index (χ1v) is 8.41. The highest BCUT2D eigenvalue weighted by Gasteiger charge is 2.31. The van der Waals surface area contributed by atoms with E-state index >= 15 is 0 Å². The minimum absolute atomic E-state index is 0.141. The van der Waals surface area contributed by atoms with Gasteiger partial charge in [-0.2, -0.15) is 0 Å². The van der Waals surface area contributed by atoms with E-state index in [1.54, 1.807) is 4.83 Å². The third-order valence-corrected chi connectivity index (χ3v) is 4.25. The summed E-state index contributed by atoms with van der Waals surface area (Å²) in [6, 6.07) is 9.55. The minimum Gasteiger partial charge on any atom is -0.497 e. The molecule has 0 aromatic heterocycles. The summed E-state index contributed by atoms with van der Waals surface area (Å²) >= 11 is 0. The zero-order chi connectivity index (χ0) is 19.4. The molecule has 0 saturated heterocycles. The topological polar surface area (TPSA) is 93.7 Å². The van der Waals surface area contributed by atoms with Crippen LogP contribution < -0.4 is 19.7 Å². The van der Waals surface area contributed by atoms with Gasteiger partial charge in [0.05, 0.1) is 12.0 Å². The van der Waals surface area contributed by atoms with E-state index in [9.17, 15) is 26.4 Å². The maximum absolute atomic E-state index is 12.2. The Morgan fingerprint density at radius 1 is 1.04 bits per heavy atom.